The lowest BCUT2D eigenvalue weighted by molar-refractivity contribution is 0.237. The largest absolute Gasteiger partial charge is 0.0887 e. The summed E-state index contributed by atoms with van der Waals surface area (Å²) in [5, 5.41) is 0. The summed E-state index contributed by atoms with van der Waals surface area (Å²) in [6, 6.07) is 0. The summed E-state index contributed by atoms with van der Waals surface area (Å²) in [6.07, 6.45) is 10.1. The fourth-order valence-electron chi connectivity index (χ4n) is 2.11. The summed E-state index contributed by atoms with van der Waals surface area (Å²) < 4.78 is 0. The molecule has 1 atom stereocenters. The Morgan fingerprint density at radius 3 is 2.00 bits per heavy atom. The van der Waals surface area contributed by atoms with Gasteiger partial charge in [0.15, 0.2) is 0 Å². The van der Waals surface area contributed by atoms with Gasteiger partial charge in [-0.3, -0.25) is 0 Å². The van der Waals surface area contributed by atoms with E-state index >= 15 is 0 Å². The maximum Gasteiger partial charge on any atom is 0.0653 e. The maximum atomic E-state index is 5.56. The Kier molecular flexibility index (Phi) is 7.50. The molecule has 0 bridgehead atoms. The molecule has 0 saturated heterocycles. The zero-order chi connectivity index (χ0) is 10.2. The van der Waals surface area contributed by atoms with Gasteiger partial charge in [0, 0.05) is 0 Å². The zero-order valence-electron chi connectivity index (χ0n) is 9.73. The first-order valence-electron chi connectivity index (χ1n) is 5.88. The van der Waals surface area contributed by atoms with Crippen LogP contribution in [0.3, 0.4) is 0 Å². The van der Waals surface area contributed by atoms with Gasteiger partial charge in [-0.15, -0.1) is 0 Å². The Balaban J connectivity index is 3.84. The minimum absolute atomic E-state index is 0.574. The number of rotatable bonds is 8. The van der Waals surface area contributed by atoms with E-state index in [-0.39, 0.29) is 0 Å². The van der Waals surface area contributed by atoms with Crippen molar-refractivity contribution in [2.75, 3.05) is 0 Å². The van der Waals surface area contributed by atoms with Crippen LogP contribution in [0.4, 0.5) is 0 Å². The molecule has 0 spiro atoms. The Hall–Kier alpha value is 0.0649. The Bertz CT molecular complexity index is 102. The van der Waals surface area contributed by atoms with Gasteiger partial charge in [-0.05, 0) is 24.7 Å². The maximum absolute atomic E-state index is 5.56. The van der Waals surface area contributed by atoms with Gasteiger partial charge in [-0.1, -0.05) is 52.8 Å². The molecular formula is C12H25B. The van der Waals surface area contributed by atoms with E-state index in [0.29, 0.717) is 5.41 Å². The quantitative estimate of drug-likeness (QED) is 0.487. The third-order valence-electron chi connectivity index (χ3n) is 2.97. The molecule has 13 heavy (non-hydrogen) atoms. The predicted molar refractivity (Wildman–Crippen MR) is 62.3 cm³/mol. The van der Waals surface area contributed by atoms with Crippen LogP contribution < -0.4 is 0 Å². The summed E-state index contributed by atoms with van der Waals surface area (Å²) >= 11 is 0. The predicted octanol–water partition coefficient (Wildman–Crippen LogP) is 4.35. The van der Waals surface area contributed by atoms with Crippen molar-refractivity contribution in [3.05, 3.63) is 0 Å². The van der Waals surface area contributed by atoms with E-state index in [1.54, 1.807) is 0 Å². The van der Waals surface area contributed by atoms with Gasteiger partial charge >= 0.3 is 0 Å². The van der Waals surface area contributed by atoms with E-state index in [2.05, 4.69) is 20.8 Å². The molecule has 2 radical (unpaired) electrons. The second-order valence-electron chi connectivity index (χ2n) is 4.56. The van der Waals surface area contributed by atoms with Crippen molar-refractivity contribution in [2.45, 2.75) is 72.0 Å². The van der Waals surface area contributed by atoms with Crippen LogP contribution in [0.15, 0.2) is 0 Å². The molecule has 0 rings (SSSR count). The SMILES string of the molecule is [B]CCCC(C)(CCC)CCCC. The van der Waals surface area contributed by atoms with E-state index < -0.39 is 0 Å². The van der Waals surface area contributed by atoms with Crippen LogP contribution in [0.5, 0.6) is 0 Å². The summed E-state index contributed by atoms with van der Waals surface area (Å²) in [5.41, 5.74) is 0.574. The van der Waals surface area contributed by atoms with Crippen molar-refractivity contribution in [3.63, 3.8) is 0 Å². The van der Waals surface area contributed by atoms with Crippen molar-refractivity contribution < 1.29 is 0 Å². The van der Waals surface area contributed by atoms with Crippen LogP contribution in [0.25, 0.3) is 0 Å². The second-order valence-corrected chi connectivity index (χ2v) is 4.56. The molecule has 76 valence electrons. The van der Waals surface area contributed by atoms with Crippen LogP contribution in [-0.4, -0.2) is 7.85 Å². The highest BCUT2D eigenvalue weighted by molar-refractivity contribution is 6.08. The van der Waals surface area contributed by atoms with Gasteiger partial charge in [0.2, 0.25) is 0 Å². The molecule has 0 amide bonds. The van der Waals surface area contributed by atoms with Crippen molar-refractivity contribution in [3.8, 4) is 0 Å². The molecule has 0 aliphatic carbocycles. The molecule has 0 aromatic carbocycles. The van der Waals surface area contributed by atoms with Gasteiger partial charge in [0.05, 0.1) is 7.85 Å². The first-order valence-corrected chi connectivity index (χ1v) is 5.88. The van der Waals surface area contributed by atoms with E-state index in [1.165, 1.54) is 44.9 Å². The van der Waals surface area contributed by atoms with Crippen LogP contribution in [0, 0.1) is 5.41 Å². The fraction of sp³-hybridized carbons (Fsp3) is 1.00. The minimum Gasteiger partial charge on any atom is -0.0887 e. The molecule has 0 nitrogen and oxygen atoms in total. The average molecular weight is 180 g/mol. The molecule has 0 fully saturated rings. The van der Waals surface area contributed by atoms with Crippen molar-refractivity contribution in [1.29, 1.82) is 0 Å². The Morgan fingerprint density at radius 1 is 0.923 bits per heavy atom. The first kappa shape index (κ1) is 13.1. The lowest BCUT2D eigenvalue weighted by Crippen LogP contribution is -2.16. The standard InChI is InChI=1S/C12H25B/c1-4-6-9-12(3,8-5-2)10-7-11-13/h4-11H2,1-3H3. The Labute approximate surface area is 85.9 Å². The fourth-order valence-corrected chi connectivity index (χ4v) is 2.11. The van der Waals surface area contributed by atoms with Crippen molar-refractivity contribution in [2.24, 2.45) is 5.41 Å². The van der Waals surface area contributed by atoms with Gasteiger partial charge in [0.25, 0.3) is 0 Å². The topological polar surface area (TPSA) is 0 Å². The number of hydrogen-bond acceptors (Lipinski definition) is 0. The normalized spacial score (nSPS) is 15.6. The van der Waals surface area contributed by atoms with E-state index in [4.69, 9.17) is 7.85 Å². The van der Waals surface area contributed by atoms with Crippen molar-refractivity contribution >= 4 is 7.85 Å². The molecule has 0 N–H and O–H groups in total. The molecule has 0 heterocycles. The van der Waals surface area contributed by atoms with Crippen LogP contribution in [-0.2, 0) is 0 Å². The van der Waals surface area contributed by atoms with E-state index in [1.807, 2.05) is 0 Å². The minimum atomic E-state index is 0.574. The van der Waals surface area contributed by atoms with Gasteiger partial charge in [-0.25, -0.2) is 0 Å². The Morgan fingerprint density at radius 2 is 1.54 bits per heavy atom. The lowest BCUT2D eigenvalue weighted by Gasteiger charge is -2.29. The van der Waals surface area contributed by atoms with Crippen LogP contribution in [0.1, 0.15) is 65.7 Å². The van der Waals surface area contributed by atoms with Crippen LogP contribution >= 0.6 is 0 Å². The van der Waals surface area contributed by atoms with Gasteiger partial charge in [0.1, 0.15) is 0 Å². The molecule has 0 aliphatic rings. The molecule has 0 aliphatic heterocycles. The third-order valence-corrected chi connectivity index (χ3v) is 2.97. The second kappa shape index (κ2) is 7.47. The molecular weight excluding hydrogens is 155 g/mol. The zero-order valence-corrected chi connectivity index (χ0v) is 9.73. The molecule has 0 aromatic rings. The van der Waals surface area contributed by atoms with Gasteiger partial charge in [-0.2, -0.15) is 0 Å². The van der Waals surface area contributed by atoms with E-state index in [9.17, 15) is 0 Å². The smallest absolute Gasteiger partial charge is 0.0653 e. The molecule has 1 unspecified atom stereocenters. The van der Waals surface area contributed by atoms with E-state index in [0.717, 1.165) is 6.32 Å². The first-order chi connectivity index (χ1) is 6.18. The number of hydrogen-bond donors (Lipinski definition) is 0. The highest BCUT2D eigenvalue weighted by Crippen LogP contribution is 2.35. The van der Waals surface area contributed by atoms with Crippen molar-refractivity contribution in [1.82, 2.24) is 0 Å². The highest BCUT2D eigenvalue weighted by atomic mass is 14.3. The number of unbranched alkanes of at least 4 members (excludes halogenated alkanes) is 1. The molecule has 0 saturated carbocycles. The summed E-state index contributed by atoms with van der Waals surface area (Å²) in [6.45, 7) is 6.99. The third kappa shape index (κ3) is 6.18. The highest BCUT2D eigenvalue weighted by Gasteiger charge is 2.21. The summed E-state index contributed by atoms with van der Waals surface area (Å²) in [4.78, 5) is 0. The summed E-state index contributed by atoms with van der Waals surface area (Å²) in [7, 11) is 5.56. The lowest BCUT2D eigenvalue weighted by atomic mass is 9.76. The van der Waals surface area contributed by atoms with Gasteiger partial charge < -0.3 is 0 Å². The summed E-state index contributed by atoms with van der Waals surface area (Å²) in [5.74, 6) is 0. The van der Waals surface area contributed by atoms with Crippen LogP contribution in [0.2, 0.25) is 6.32 Å². The average Bonchev–Trinajstić information content (AvgIpc) is 2.12. The molecule has 1 heteroatoms. The monoisotopic (exact) mass is 180 g/mol. The molecule has 0 aromatic heterocycles.